The summed E-state index contributed by atoms with van der Waals surface area (Å²) in [5, 5.41) is 11.4. The Morgan fingerprint density at radius 1 is 1.40 bits per heavy atom. The van der Waals surface area contributed by atoms with Gasteiger partial charge in [0.2, 0.25) is 0 Å². The third-order valence-corrected chi connectivity index (χ3v) is 2.58. The van der Waals surface area contributed by atoms with Crippen molar-refractivity contribution in [1.82, 2.24) is 4.98 Å². The molecule has 1 aromatic carbocycles. The zero-order valence-electron chi connectivity index (χ0n) is 7.90. The van der Waals surface area contributed by atoms with Gasteiger partial charge in [0.15, 0.2) is 0 Å². The quantitative estimate of drug-likeness (QED) is 0.453. The van der Waals surface area contributed by atoms with E-state index in [1.54, 1.807) is 12.1 Å². The summed E-state index contributed by atoms with van der Waals surface area (Å²) in [6.45, 7) is 1.90. The molecule has 15 heavy (non-hydrogen) atoms. The number of fused-ring (bicyclic) bond motifs is 1. The highest BCUT2D eigenvalue weighted by molar-refractivity contribution is 9.10. The number of halogens is 1. The molecule has 1 heterocycles. The fourth-order valence-electron chi connectivity index (χ4n) is 1.45. The smallest absolute Gasteiger partial charge is 0.258 e. The molecule has 4 nitrogen and oxygen atoms in total. The highest BCUT2D eigenvalue weighted by Crippen LogP contribution is 2.24. The fourth-order valence-corrected chi connectivity index (χ4v) is 1.99. The Kier molecular flexibility index (Phi) is 2.40. The number of nitro groups is 1. The van der Waals surface area contributed by atoms with Crippen LogP contribution in [0.4, 0.5) is 5.69 Å². The number of aryl methyl sites for hydroxylation is 1. The minimum absolute atomic E-state index is 0.0923. The minimum atomic E-state index is -0.402. The van der Waals surface area contributed by atoms with Crippen LogP contribution in [0, 0.1) is 17.0 Å². The van der Waals surface area contributed by atoms with Crippen molar-refractivity contribution in [3.63, 3.8) is 0 Å². The molecular formula is C10H7BrN2O2. The molecule has 2 rings (SSSR count). The number of aromatic nitrogens is 1. The van der Waals surface area contributed by atoms with Crippen LogP contribution in [0.25, 0.3) is 10.9 Å². The number of benzene rings is 1. The lowest BCUT2D eigenvalue weighted by molar-refractivity contribution is -0.384. The SMILES string of the molecule is Cc1cc(Br)nc2ccc([N+](=O)[O-])cc12. The van der Waals surface area contributed by atoms with E-state index in [-0.39, 0.29) is 5.69 Å². The molecule has 1 aromatic heterocycles. The van der Waals surface area contributed by atoms with Crippen molar-refractivity contribution >= 4 is 32.5 Å². The Bertz CT molecular complexity index is 554. The van der Waals surface area contributed by atoms with Gasteiger partial charge in [-0.25, -0.2) is 4.98 Å². The van der Waals surface area contributed by atoms with Gasteiger partial charge < -0.3 is 0 Å². The van der Waals surface area contributed by atoms with Gasteiger partial charge in [-0.2, -0.15) is 0 Å². The lowest BCUT2D eigenvalue weighted by Crippen LogP contribution is -1.90. The second kappa shape index (κ2) is 3.58. The number of nitro benzene ring substituents is 1. The molecule has 0 saturated heterocycles. The Morgan fingerprint density at radius 2 is 2.13 bits per heavy atom. The highest BCUT2D eigenvalue weighted by Gasteiger charge is 2.08. The van der Waals surface area contributed by atoms with Crippen molar-refractivity contribution in [3.8, 4) is 0 Å². The van der Waals surface area contributed by atoms with Crippen LogP contribution in [0.15, 0.2) is 28.9 Å². The molecule has 0 bridgehead atoms. The van der Waals surface area contributed by atoms with Gasteiger partial charge in [-0.05, 0) is 40.5 Å². The molecule has 76 valence electrons. The Balaban J connectivity index is 2.76. The molecule has 2 aromatic rings. The van der Waals surface area contributed by atoms with Crippen LogP contribution in [-0.4, -0.2) is 9.91 Å². The van der Waals surface area contributed by atoms with Crippen LogP contribution in [0.2, 0.25) is 0 Å². The number of non-ortho nitro benzene ring substituents is 1. The van der Waals surface area contributed by atoms with E-state index < -0.39 is 4.92 Å². The second-order valence-corrected chi connectivity index (χ2v) is 4.03. The average molecular weight is 267 g/mol. The molecule has 0 atom stereocenters. The number of rotatable bonds is 1. The molecule has 0 N–H and O–H groups in total. The minimum Gasteiger partial charge on any atom is -0.258 e. The van der Waals surface area contributed by atoms with Crippen molar-refractivity contribution in [1.29, 1.82) is 0 Å². The predicted molar refractivity (Wildman–Crippen MR) is 60.8 cm³/mol. The molecule has 0 spiro atoms. The van der Waals surface area contributed by atoms with Crippen LogP contribution >= 0.6 is 15.9 Å². The van der Waals surface area contributed by atoms with Crippen molar-refractivity contribution in [3.05, 3.63) is 44.5 Å². The Labute approximate surface area is 94.2 Å². The molecule has 0 aliphatic carbocycles. The van der Waals surface area contributed by atoms with Crippen LogP contribution in [0.3, 0.4) is 0 Å². The Hall–Kier alpha value is -1.49. The van der Waals surface area contributed by atoms with Crippen molar-refractivity contribution < 1.29 is 4.92 Å². The van der Waals surface area contributed by atoms with Gasteiger partial charge in [-0.3, -0.25) is 10.1 Å². The van der Waals surface area contributed by atoms with Crippen molar-refractivity contribution in [2.24, 2.45) is 0 Å². The third-order valence-electron chi connectivity index (χ3n) is 2.18. The van der Waals surface area contributed by atoms with Gasteiger partial charge in [0.1, 0.15) is 4.60 Å². The number of pyridine rings is 1. The maximum absolute atomic E-state index is 10.6. The van der Waals surface area contributed by atoms with E-state index in [0.717, 1.165) is 21.1 Å². The number of nitrogens with zero attached hydrogens (tertiary/aromatic N) is 2. The van der Waals surface area contributed by atoms with E-state index in [9.17, 15) is 10.1 Å². The summed E-state index contributed by atoms with van der Waals surface area (Å²) in [5.41, 5.74) is 1.82. The van der Waals surface area contributed by atoms with E-state index in [2.05, 4.69) is 20.9 Å². The number of hydrogen-bond donors (Lipinski definition) is 0. The van der Waals surface area contributed by atoms with E-state index in [1.165, 1.54) is 6.07 Å². The van der Waals surface area contributed by atoms with Crippen molar-refractivity contribution in [2.45, 2.75) is 6.92 Å². The van der Waals surface area contributed by atoms with Gasteiger partial charge in [0.05, 0.1) is 10.4 Å². The van der Waals surface area contributed by atoms with Crippen LogP contribution in [0.5, 0.6) is 0 Å². The molecule has 0 fully saturated rings. The van der Waals surface area contributed by atoms with Gasteiger partial charge in [-0.1, -0.05) is 0 Å². The molecule has 0 amide bonds. The molecule has 0 radical (unpaired) electrons. The monoisotopic (exact) mass is 266 g/mol. The maximum Gasteiger partial charge on any atom is 0.270 e. The van der Waals surface area contributed by atoms with Gasteiger partial charge in [-0.15, -0.1) is 0 Å². The Morgan fingerprint density at radius 3 is 2.80 bits per heavy atom. The molecule has 0 saturated carbocycles. The molecule has 0 unspecified atom stereocenters. The first-order chi connectivity index (χ1) is 7.08. The van der Waals surface area contributed by atoms with Gasteiger partial charge >= 0.3 is 0 Å². The van der Waals surface area contributed by atoms with Crippen molar-refractivity contribution in [2.75, 3.05) is 0 Å². The van der Waals surface area contributed by atoms with E-state index in [4.69, 9.17) is 0 Å². The maximum atomic E-state index is 10.6. The molecular weight excluding hydrogens is 260 g/mol. The van der Waals surface area contributed by atoms with E-state index in [1.807, 2.05) is 13.0 Å². The van der Waals surface area contributed by atoms with Crippen LogP contribution in [0.1, 0.15) is 5.56 Å². The second-order valence-electron chi connectivity index (χ2n) is 3.22. The van der Waals surface area contributed by atoms with E-state index >= 15 is 0 Å². The average Bonchev–Trinajstić information content (AvgIpc) is 2.16. The summed E-state index contributed by atoms with van der Waals surface area (Å²) in [6, 6.07) is 6.50. The van der Waals surface area contributed by atoms with Crippen LogP contribution < -0.4 is 0 Å². The normalized spacial score (nSPS) is 10.5. The summed E-state index contributed by atoms with van der Waals surface area (Å²) in [7, 11) is 0. The lowest BCUT2D eigenvalue weighted by atomic mass is 10.1. The third kappa shape index (κ3) is 1.83. The fraction of sp³-hybridized carbons (Fsp3) is 0.100. The largest absolute Gasteiger partial charge is 0.270 e. The molecule has 0 aliphatic rings. The molecule has 0 aliphatic heterocycles. The first-order valence-electron chi connectivity index (χ1n) is 4.29. The van der Waals surface area contributed by atoms with E-state index in [0.29, 0.717) is 0 Å². The summed E-state index contributed by atoms with van der Waals surface area (Å²) >= 11 is 3.29. The highest BCUT2D eigenvalue weighted by atomic mass is 79.9. The zero-order chi connectivity index (χ0) is 11.0. The summed E-state index contributed by atoms with van der Waals surface area (Å²) in [5.74, 6) is 0. The summed E-state index contributed by atoms with van der Waals surface area (Å²) < 4.78 is 0.737. The molecule has 5 heteroatoms. The zero-order valence-corrected chi connectivity index (χ0v) is 9.48. The first-order valence-corrected chi connectivity index (χ1v) is 5.08. The topological polar surface area (TPSA) is 56.0 Å². The van der Waals surface area contributed by atoms with Crippen LogP contribution in [-0.2, 0) is 0 Å². The lowest BCUT2D eigenvalue weighted by Gasteiger charge is -2.02. The predicted octanol–water partition coefficient (Wildman–Crippen LogP) is 3.21. The summed E-state index contributed by atoms with van der Waals surface area (Å²) in [4.78, 5) is 14.4. The first kappa shape index (κ1) is 10.0. The standard InChI is InChI=1S/C10H7BrN2O2/c1-6-4-10(11)12-9-3-2-7(13(14)15)5-8(6)9/h2-5H,1H3. The van der Waals surface area contributed by atoms with Gasteiger partial charge in [0.25, 0.3) is 5.69 Å². The van der Waals surface area contributed by atoms with Gasteiger partial charge in [0, 0.05) is 17.5 Å². The summed E-state index contributed by atoms with van der Waals surface area (Å²) in [6.07, 6.45) is 0. The number of hydrogen-bond acceptors (Lipinski definition) is 3.